The first-order chi connectivity index (χ1) is 8.49. The Balaban J connectivity index is 3.10. The van der Waals surface area contributed by atoms with Gasteiger partial charge in [0.15, 0.2) is 0 Å². The molecule has 4 N–H and O–H groups in total. The van der Waals surface area contributed by atoms with Gasteiger partial charge in [-0.1, -0.05) is 31.9 Å². The third-order valence-electron chi connectivity index (χ3n) is 2.82. The molecule has 0 amide bonds. The number of benzene rings is 1. The highest BCUT2D eigenvalue weighted by Gasteiger charge is 2.17. The van der Waals surface area contributed by atoms with E-state index >= 15 is 0 Å². The molecule has 1 aromatic rings. The SMILES string of the molecule is CCCC(CC)Nc1c(Cl)cc(N)cc1C(=O)O. The van der Waals surface area contributed by atoms with Gasteiger partial charge in [-0.05, 0) is 25.0 Å². The summed E-state index contributed by atoms with van der Waals surface area (Å²) in [5, 5.41) is 12.7. The van der Waals surface area contributed by atoms with Gasteiger partial charge in [0.2, 0.25) is 0 Å². The fourth-order valence-corrected chi connectivity index (χ4v) is 2.16. The van der Waals surface area contributed by atoms with Crippen LogP contribution < -0.4 is 11.1 Å². The normalized spacial score (nSPS) is 12.2. The van der Waals surface area contributed by atoms with Crippen molar-refractivity contribution in [3.63, 3.8) is 0 Å². The first-order valence-electron chi connectivity index (χ1n) is 6.08. The van der Waals surface area contributed by atoms with Gasteiger partial charge in [0.25, 0.3) is 0 Å². The summed E-state index contributed by atoms with van der Waals surface area (Å²) in [5.74, 6) is -1.03. The summed E-state index contributed by atoms with van der Waals surface area (Å²) < 4.78 is 0. The van der Waals surface area contributed by atoms with Crippen molar-refractivity contribution in [2.45, 2.75) is 39.2 Å². The number of hydrogen-bond donors (Lipinski definition) is 3. The van der Waals surface area contributed by atoms with Gasteiger partial charge in [0.1, 0.15) is 0 Å². The van der Waals surface area contributed by atoms with Crippen LogP contribution in [0.1, 0.15) is 43.5 Å². The Morgan fingerprint density at radius 3 is 2.67 bits per heavy atom. The zero-order valence-electron chi connectivity index (χ0n) is 10.7. The highest BCUT2D eigenvalue weighted by molar-refractivity contribution is 6.34. The Kier molecular flexibility index (Phi) is 5.28. The first-order valence-corrected chi connectivity index (χ1v) is 6.46. The van der Waals surface area contributed by atoms with Crippen molar-refractivity contribution in [3.05, 3.63) is 22.7 Å². The molecule has 0 aliphatic carbocycles. The molecule has 1 rings (SSSR count). The smallest absolute Gasteiger partial charge is 0.337 e. The highest BCUT2D eigenvalue weighted by Crippen LogP contribution is 2.30. The second-order valence-electron chi connectivity index (χ2n) is 4.27. The molecule has 5 heteroatoms. The van der Waals surface area contributed by atoms with Gasteiger partial charge in [-0.25, -0.2) is 4.79 Å². The van der Waals surface area contributed by atoms with Gasteiger partial charge < -0.3 is 16.2 Å². The molecule has 0 aliphatic rings. The van der Waals surface area contributed by atoms with Gasteiger partial charge >= 0.3 is 5.97 Å². The van der Waals surface area contributed by atoms with E-state index in [1.54, 1.807) is 6.07 Å². The van der Waals surface area contributed by atoms with Crippen LogP contribution in [-0.2, 0) is 0 Å². The van der Waals surface area contributed by atoms with Crippen molar-refractivity contribution in [1.29, 1.82) is 0 Å². The standard InChI is InChI=1S/C13H19ClN2O2/c1-3-5-9(4-2)16-12-10(13(17)18)6-8(15)7-11(12)14/h6-7,9,16H,3-5,15H2,1-2H3,(H,17,18). The van der Waals surface area contributed by atoms with Crippen LogP contribution in [0, 0.1) is 0 Å². The lowest BCUT2D eigenvalue weighted by Crippen LogP contribution is -2.20. The maximum atomic E-state index is 11.2. The molecule has 1 unspecified atom stereocenters. The van der Waals surface area contributed by atoms with E-state index < -0.39 is 5.97 Å². The maximum Gasteiger partial charge on any atom is 0.337 e. The molecule has 0 aliphatic heterocycles. The highest BCUT2D eigenvalue weighted by atomic mass is 35.5. The maximum absolute atomic E-state index is 11.2. The first kappa shape index (κ1) is 14.6. The van der Waals surface area contributed by atoms with E-state index in [0.717, 1.165) is 19.3 Å². The molecule has 1 aromatic carbocycles. The van der Waals surface area contributed by atoms with Gasteiger partial charge in [0.05, 0.1) is 16.3 Å². The number of rotatable bonds is 6. The number of carbonyl (C=O) groups is 1. The molecule has 4 nitrogen and oxygen atoms in total. The summed E-state index contributed by atoms with van der Waals surface area (Å²) in [7, 11) is 0. The van der Waals surface area contributed by atoms with Crippen molar-refractivity contribution >= 4 is 28.9 Å². The van der Waals surface area contributed by atoms with Crippen molar-refractivity contribution < 1.29 is 9.90 Å². The van der Waals surface area contributed by atoms with E-state index in [9.17, 15) is 9.90 Å². The van der Waals surface area contributed by atoms with Gasteiger partial charge in [-0.2, -0.15) is 0 Å². The Bertz CT molecular complexity index is 435. The van der Waals surface area contributed by atoms with Crippen LogP contribution in [0.25, 0.3) is 0 Å². The molecule has 0 bridgehead atoms. The van der Waals surface area contributed by atoms with E-state index in [-0.39, 0.29) is 11.6 Å². The number of carboxylic acids is 1. The van der Waals surface area contributed by atoms with Gasteiger partial charge in [-0.3, -0.25) is 0 Å². The van der Waals surface area contributed by atoms with Crippen LogP contribution in [0.2, 0.25) is 5.02 Å². The molecular formula is C13H19ClN2O2. The lowest BCUT2D eigenvalue weighted by Gasteiger charge is -2.20. The number of anilines is 2. The zero-order valence-corrected chi connectivity index (χ0v) is 11.4. The zero-order chi connectivity index (χ0) is 13.7. The lowest BCUT2D eigenvalue weighted by atomic mass is 10.1. The van der Waals surface area contributed by atoms with Crippen molar-refractivity contribution in [2.75, 3.05) is 11.1 Å². The van der Waals surface area contributed by atoms with E-state index in [2.05, 4.69) is 19.2 Å². The van der Waals surface area contributed by atoms with E-state index in [1.165, 1.54) is 6.07 Å². The second-order valence-corrected chi connectivity index (χ2v) is 4.68. The average Bonchev–Trinajstić information content (AvgIpc) is 2.30. The second kappa shape index (κ2) is 6.50. The van der Waals surface area contributed by atoms with Crippen LogP contribution in [0.3, 0.4) is 0 Å². The summed E-state index contributed by atoms with van der Waals surface area (Å²) in [4.78, 5) is 11.2. The molecule has 0 radical (unpaired) electrons. The molecular weight excluding hydrogens is 252 g/mol. The minimum atomic E-state index is -1.03. The minimum absolute atomic E-state index is 0.120. The van der Waals surface area contributed by atoms with Gasteiger partial charge in [0, 0.05) is 11.7 Å². The van der Waals surface area contributed by atoms with Crippen LogP contribution in [-0.4, -0.2) is 17.1 Å². The summed E-state index contributed by atoms with van der Waals surface area (Å²) in [5.41, 5.74) is 6.54. The molecule has 0 heterocycles. The fourth-order valence-electron chi connectivity index (χ4n) is 1.87. The summed E-state index contributed by atoms with van der Waals surface area (Å²) in [6.45, 7) is 4.14. The summed E-state index contributed by atoms with van der Waals surface area (Å²) in [6, 6.07) is 3.21. The van der Waals surface area contributed by atoms with Crippen molar-refractivity contribution in [3.8, 4) is 0 Å². The van der Waals surface area contributed by atoms with Crippen LogP contribution in [0.4, 0.5) is 11.4 Å². The third-order valence-corrected chi connectivity index (χ3v) is 3.12. The predicted molar refractivity (Wildman–Crippen MR) is 75.4 cm³/mol. The Hall–Kier alpha value is -1.42. The average molecular weight is 271 g/mol. The predicted octanol–water partition coefficient (Wildman–Crippen LogP) is 3.61. The van der Waals surface area contributed by atoms with Crippen molar-refractivity contribution in [2.24, 2.45) is 0 Å². The lowest BCUT2D eigenvalue weighted by molar-refractivity contribution is 0.0698. The van der Waals surface area contributed by atoms with Gasteiger partial charge in [-0.15, -0.1) is 0 Å². The number of nitrogens with two attached hydrogens (primary N) is 1. The van der Waals surface area contributed by atoms with Crippen LogP contribution in [0.15, 0.2) is 12.1 Å². The summed E-state index contributed by atoms with van der Waals surface area (Å²) >= 11 is 6.07. The third kappa shape index (κ3) is 3.53. The number of aromatic carboxylic acids is 1. The van der Waals surface area contributed by atoms with Crippen molar-refractivity contribution in [1.82, 2.24) is 0 Å². The van der Waals surface area contributed by atoms with E-state index in [0.29, 0.717) is 16.4 Å². The molecule has 100 valence electrons. The Morgan fingerprint density at radius 2 is 2.17 bits per heavy atom. The minimum Gasteiger partial charge on any atom is -0.478 e. The monoisotopic (exact) mass is 270 g/mol. The number of nitrogen functional groups attached to an aromatic ring is 1. The number of carboxylic acid groups (broad SMARTS) is 1. The molecule has 0 aromatic heterocycles. The fraction of sp³-hybridized carbons (Fsp3) is 0.462. The van der Waals surface area contributed by atoms with Crippen LogP contribution >= 0.6 is 11.6 Å². The Labute approximate surface area is 112 Å². The largest absolute Gasteiger partial charge is 0.478 e. The molecule has 0 spiro atoms. The van der Waals surface area contributed by atoms with Crippen LogP contribution in [0.5, 0.6) is 0 Å². The Morgan fingerprint density at radius 1 is 1.50 bits per heavy atom. The van der Waals surface area contributed by atoms with E-state index in [4.69, 9.17) is 17.3 Å². The number of hydrogen-bond acceptors (Lipinski definition) is 3. The quantitative estimate of drug-likeness (QED) is 0.690. The molecule has 18 heavy (non-hydrogen) atoms. The summed E-state index contributed by atoms with van der Waals surface area (Å²) in [6.07, 6.45) is 2.91. The topological polar surface area (TPSA) is 75.3 Å². The number of nitrogens with one attached hydrogen (secondary N) is 1. The number of halogens is 1. The molecule has 0 fully saturated rings. The molecule has 0 saturated carbocycles. The molecule has 0 saturated heterocycles. The van der Waals surface area contributed by atoms with E-state index in [1.807, 2.05) is 0 Å². The molecule has 1 atom stereocenters.